The van der Waals surface area contributed by atoms with Crippen LogP contribution in [0.2, 0.25) is 0 Å². The van der Waals surface area contributed by atoms with Crippen LogP contribution in [0.4, 0.5) is 5.69 Å². The highest BCUT2D eigenvalue weighted by Crippen LogP contribution is 2.25. The van der Waals surface area contributed by atoms with Gasteiger partial charge in [0.2, 0.25) is 0 Å². The number of aromatic nitrogens is 1. The fourth-order valence-corrected chi connectivity index (χ4v) is 2.61. The van der Waals surface area contributed by atoms with Gasteiger partial charge in [-0.3, -0.25) is 19.7 Å². The van der Waals surface area contributed by atoms with Crippen LogP contribution in [0.1, 0.15) is 21.5 Å². The molecule has 146 valence electrons. The Morgan fingerprint density at radius 1 is 1.17 bits per heavy atom. The number of phenolic OH excluding ortho intramolecular Hbond substituents is 1. The molecule has 0 spiro atoms. The van der Waals surface area contributed by atoms with E-state index in [0.29, 0.717) is 12.1 Å². The number of carbonyl (C=O) groups excluding carboxylic acids is 1. The minimum Gasteiger partial charge on any atom is -0.502 e. The minimum absolute atomic E-state index is 0.0859. The normalized spacial score (nSPS) is 10.8. The number of nitro benzene ring substituents is 1. The minimum atomic E-state index is -0.732. The van der Waals surface area contributed by atoms with Crippen molar-refractivity contribution in [3.8, 4) is 5.75 Å². The number of phenols is 1. The Balaban J connectivity index is 1.74. The van der Waals surface area contributed by atoms with Gasteiger partial charge in [-0.1, -0.05) is 30.3 Å². The van der Waals surface area contributed by atoms with Gasteiger partial charge in [0.1, 0.15) is 5.56 Å². The lowest BCUT2D eigenvalue weighted by molar-refractivity contribution is -0.385. The smallest absolute Gasteiger partial charge is 0.311 e. The van der Waals surface area contributed by atoms with Crippen LogP contribution in [0.3, 0.4) is 0 Å². The van der Waals surface area contributed by atoms with Crippen LogP contribution in [0.5, 0.6) is 5.75 Å². The van der Waals surface area contributed by atoms with Crippen LogP contribution >= 0.6 is 0 Å². The summed E-state index contributed by atoms with van der Waals surface area (Å²) in [6, 6.07) is 16.0. The van der Waals surface area contributed by atoms with E-state index < -0.39 is 27.8 Å². The first-order valence-electron chi connectivity index (χ1n) is 8.50. The summed E-state index contributed by atoms with van der Waals surface area (Å²) in [5.74, 6) is -1.18. The van der Waals surface area contributed by atoms with E-state index in [-0.39, 0.29) is 5.56 Å². The van der Waals surface area contributed by atoms with Crippen molar-refractivity contribution in [2.45, 2.75) is 6.54 Å². The number of aromatic hydroxyl groups is 1. The summed E-state index contributed by atoms with van der Waals surface area (Å²) < 4.78 is 1.41. The number of rotatable bonds is 6. The Bertz CT molecular complexity index is 1140. The van der Waals surface area contributed by atoms with Gasteiger partial charge in [0.05, 0.1) is 17.7 Å². The molecule has 0 unspecified atom stereocenters. The number of benzene rings is 2. The zero-order chi connectivity index (χ0) is 20.8. The lowest BCUT2D eigenvalue weighted by atomic mass is 10.2. The summed E-state index contributed by atoms with van der Waals surface area (Å²) in [7, 11) is 0. The van der Waals surface area contributed by atoms with E-state index in [2.05, 4.69) is 10.5 Å². The van der Waals surface area contributed by atoms with Gasteiger partial charge in [0.15, 0.2) is 5.75 Å². The first-order chi connectivity index (χ1) is 14.0. The molecule has 1 amide bonds. The molecule has 0 aliphatic rings. The van der Waals surface area contributed by atoms with Crippen molar-refractivity contribution in [1.82, 2.24) is 9.99 Å². The van der Waals surface area contributed by atoms with E-state index in [1.165, 1.54) is 22.9 Å². The molecule has 1 heterocycles. The molecule has 0 saturated carbocycles. The molecule has 2 N–H and O–H groups in total. The molecule has 3 rings (SSSR count). The van der Waals surface area contributed by atoms with Gasteiger partial charge in [-0.05, 0) is 29.8 Å². The topological polar surface area (TPSA) is 127 Å². The van der Waals surface area contributed by atoms with Crippen molar-refractivity contribution < 1.29 is 14.8 Å². The number of pyridine rings is 1. The van der Waals surface area contributed by atoms with Crippen molar-refractivity contribution in [3.63, 3.8) is 0 Å². The predicted octanol–water partition coefficient (Wildman–Crippen LogP) is 2.27. The zero-order valence-corrected chi connectivity index (χ0v) is 15.1. The molecular formula is C20H16N4O5. The van der Waals surface area contributed by atoms with Gasteiger partial charge in [0.25, 0.3) is 11.5 Å². The van der Waals surface area contributed by atoms with Gasteiger partial charge in [0, 0.05) is 17.8 Å². The summed E-state index contributed by atoms with van der Waals surface area (Å²) in [5, 5.41) is 24.0. The van der Waals surface area contributed by atoms with E-state index in [9.17, 15) is 24.8 Å². The number of hydrogen-bond acceptors (Lipinski definition) is 6. The van der Waals surface area contributed by atoms with Gasteiger partial charge in [-0.15, -0.1) is 0 Å². The molecule has 1 aromatic heterocycles. The molecule has 0 fully saturated rings. The lowest BCUT2D eigenvalue weighted by Gasteiger charge is -2.07. The highest BCUT2D eigenvalue weighted by Gasteiger charge is 2.14. The summed E-state index contributed by atoms with van der Waals surface area (Å²) in [4.78, 5) is 35.0. The Hall–Kier alpha value is -4.27. The maximum Gasteiger partial charge on any atom is 0.311 e. The van der Waals surface area contributed by atoms with Crippen molar-refractivity contribution in [2.75, 3.05) is 0 Å². The number of nitrogens with one attached hydrogen (secondary N) is 1. The third-order valence-corrected chi connectivity index (χ3v) is 4.04. The summed E-state index contributed by atoms with van der Waals surface area (Å²) in [6.07, 6.45) is 2.76. The second kappa shape index (κ2) is 8.61. The maximum absolute atomic E-state index is 12.6. The number of hydrogen-bond donors (Lipinski definition) is 2. The van der Waals surface area contributed by atoms with Crippen LogP contribution < -0.4 is 11.0 Å². The highest BCUT2D eigenvalue weighted by molar-refractivity contribution is 5.94. The second-order valence-corrected chi connectivity index (χ2v) is 6.04. The van der Waals surface area contributed by atoms with Crippen LogP contribution in [0.25, 0.3) is 0 Å². The van der Waals surface area contributed by atoms with Crippen molar-refractivity contribution in [2.24, 2.45) is 5.10 Å². The number of amides is 1. The molecule has 9 nitrogen and oxygen atoms in total. The third kappa shape index (κ3) is 4.72. The molecule has 2 aromatic carbocycles. The molecule has 0 bridgehead atoms. The standard InChI is InChI=1S/C20H16N4O5/c25-18-9-8-15(11-17(18)24(28)29)12-21-22-19(26)16-7-4-10-23(20(16)27)13-14-5-2-1-3-6-14/h1-12,25H,13H2,(H,22,26)/b21-12-. The van der Waals surface area contributed by atoms with E-state index >= 15 is 0 Å². The Morgan fingerprint density at radius 3 is 2.66 bits per heavy atom. The average Bonchev–Trinajstić information content (AvgIpc) is 2.71. The first-order valence-corrected chi connectivity index (χ1v) is 8.50. The van der Waals surface area contributed by atoms with Crippen molar-refractivity contribution in [3.05, 3.63) is 104 Å². The van der Waals surface area contributed by atoms with Crippen LogP contribution in [0.15, 0.2) is 76.8 Å². The molecule has 3 aromatic rings. The lowest BCUT2D eigenvalue weighted by Crippen LogP contribution is -2.30. The second-order valence-electron chi connectivity index (χ2n) is 6.04. The Morgan fingerprint density at radius 2 is 1.93 bits per heavy atom. The molecule has 0 saturated heterocycles. The maximum atomic E-state index is 12.6. The molecule has 0 radical (unpaired) electrons. The molecule has 9 heteroatoms. The molecule has 29 heavy (non-hydrogen) atoms. The van der Waals surface area contributed by atoms with Crippen LogP contribution in [-0.2, 0) is 6.54 Å². The van der Waals surface area contributed by atoms with Crippen molar-refractivity contribution >= 4 is 17.8 Å². The number of nitrogens with zero attached hydrogens (tertiary/aromatic N) is 3. The van der Waals surface area contributed by atoms with Gasteiger partial charge in [-0.25, -0.2) is 5.43 Å². The predicted molar refractivity (Wildman–Crippen MR) is 106 cm³/mol. The van der Waals surface area contributed by atoms with Gasteiger partial charge >= 0.3 is 5.69 Å². The molecular weight excluding hydrogens is 376 g/mol. The Labute approximate surface area is 164 Å². The summed E-state index contributed by atoms with van der Waals surface area (Å²) in [5.41, 5.74) is 2.41. The highest BCUT2D eigenvalue weighted by atomic mass is 16.6. The van der Waals surface area contributed by atoms with Gasteiger partial charge in [-0.2, -0.15) is 5.10 Å². The number of carbonyl (C=O) groups is 1. The quantitative estimate of drug-likeness (QED) is 0.378. The average molecular weight is 392 g/mol. The number of hydrazone groups is 1. The fourth-order valence-electron chi connectivity index (χ4n) is 2.61. The monoisotopic (exact) mass is 392 g/mol. The first kappa shape index (κ1) is 19.5. The largest absolute Gasteiger partial charge is 0.502 e. The van der Waals surface area contributed by atoms with Crippen LogP contribution in [-0.4, -0.2) is 26.7 Å². The molecule has 0 aliphatic heterocycles. The third-order valence-electron chi connectivity index (χ3n) is 4.04. The van der Waals surface area contributed by atoms with Crippen molar-refractivity contribution in [1.29, 1.82) is 0 Å². The summed E-state index contributed by atoms with van der Waals surface area (Å²) in [6.45, 7) is 0.321. The van der Waals surface area contributed by atoms with E-state index in [1.54, 1.807) is 12.3 Å². The van der Waals surface area contributed by atoms with Crippen LogP contribution in [0, 0.1) is 10.1 Å². The Kier molecular flexibility index (Phi) is 5.79. The summed E-state index contributed by atoms with van der Waals surface area (Å²) >= 11 is 0. The number of nitro groups is 1. The molecule has 0 aliphatic carbocycles. The van der Waals surface area contributed by atoms with E-state index in [0.717, 1.165) is 17.7 Å². The van der Waals surface area contributed by atoms with E-state index in [1.807, 2.05) is 30.3 Å². The SMILES string of the molecule is O=C(N/N=C\c1ccc(O)c([N+](=O)[O-])c1)c1cccn(Cc2ccccc2)c1=O. The van der Waals surface area contributed by atoms with E-state index in [4.69, 9.17) is 0 Å². The zero-order valence-electron chi connectivity index (χ0n) is 15.1. The fraction of sp³-hybridized carbons (Fsp3) is 0.0500. The molecule has 0 atom stereocenters. The van der Waals surface area contributed by atoms with Gasteiger partial charge < -0.3 is 9.67 Å².